The molecule has 1 aromatic carbocycles. The largest absolute Gasteiger partial charge is 0.479 e. The quantitative estimate of drug-likeness (QED) is 0.817. The number of carboxylic acid groups (broad SMARTS) is 1. The van der Waals surface area contributed by atoms with E-state index in [0.717, 1.165) is 16.6 Å². The molecule has 0 spiro atoms. The predicted molar refractivity (Wildman–Crippen MR) is 83.9 cm³/mol. The molecule has 0 heterocycles. The van der Waals surface area contributed by atoms with E-state index < -0.39 is 12.1 Å². The Morgan fingerprint density at radius 1 is 1.38 bits per heavy atom. The first-order valence-electron chi connectivity index (χ1n) is 6.63. The molecule has 0 aromatic heterocycles. The van der Waals surface area contributed by atoms with Crippen molar-refractivity contribution in [3.8, 4) is 5.75 Å². The average Bonchev–Trinajstić information content (AvgIpc) is 2.31. The highest BCUT2D eigenvalue weighted by Gasteiger charge is 2.13. The van der Waals surface area contributed by atoms with Gasteiger partial charge in [-0.05, 0) is 37.6 Å². The summed E-state index contributed by atoms with van der Waals surface area (Å²) in [6, 6.07) is 5.06. The Morgan fingerprint density at radius 2 is 1.95 bits per heavy atom. The van der Waals surface area contributed by atoms with E-state index in [1.165, 1.54) is 6.92 Å². The summed E-state index contributed by atoms with van der Waals surface area (Å²) in [5.41, 5.74) is 0.825. The number of halogens is 1. The fourth-order valence-corrected chi connectivity index (χ4v) is 1.51. The van der Waals surface area contributed by atoms with Gasteiger partial charge in [-0.3, -0.25) is 0 Å². The lowest BCUT2D eigenvalue weighted by atomic mass is 10.2. The molecule has 0 saturated heterocycles. The molecule has 21 heavy (non-hydrogen) atoms. The van der Waals surface area contributed by atoms with Crippen LogP contribution in [0.3, 0.4) is 0 Å². The average molecular weight is 319 g/mol. The number of hydrogen-bond acceptors (Lipinski definition) is 3. The van der Waals surface area contributed by atoms with Gasteiger partial charge in [-0.2, -0.15) is 0 Å². The van der Waals surface area contributed by atoms with Gasteiger partial charge in [0.25, 0.3) is 0 Å². The van der Waals surface area contributed by atoms with E-state index in [2.05, 4.69) is 21.1 Å². The van der Waals surface area contributed by atoms with Crippen LogP contribution in [0.2, 0.25) is 5.02 Å². The third kappa shape index (κ3) is 9.28. The van der Waals surface area contributed by atoms with Crippen LogP contribution in [0.4, 0.5) is 0 Å². The summed E-state index contributed by atoms with van der Waals surface area (Å²) in [6.45, 7) is 4.41. The van der Waals surface area contributed by atoms with Gasteiger partial charge in [0.05, 0.1) is 27.7 Å². The second kappa shape index (κ2) is 8.87. The molecular formula is C15H25ClNO4+. The number of aliphatic carboxylic acids is 1. The predicted octanol–water partition coefficient (Wildman–Crippen LogP) is 2.19. The second-order valence-corrected chi connectivity index (χ2v) is 6.18. The van der Waals surface area contributed by atoms with Crippen LogP contribution in [-0.2, 0) is 4.79 Å². The molecule has 1 rings (SSSR count). The van der Waals surface area contributed by atoms with E-state index in [1.807, 2.05) is 6.92 Å². The van der Waals surface area contributed by atoms with Crippen molar-refractivity contribution in [1.82, 2.24) is 0 Å². The molecule has 2 N–H and O–H groups in total. The molecule has 0 fully saturated rings. The van der Waals surface area contributed by atoms with E-state index in [1.54, 1.807) is 18.2 Å². The van der Waals surface area contributed by atoms with Crippen molar-refractivity contribution in [3.63, 3.8) is 0 Å². The first kappa shape index (κ1) is 19.7. The number of aliphatic hydroxyl groups excluding tert-OH is 1. The van der Waals surface area contributed by atoms with Crippen LogP contribution in [0.5, 0.6) is 5.75 Å². The van der Waals surface area contributed by atoms with Crippen molar-refractivity contribution in [2.75, 3.05) is 34.3 Å². The molecule has 1 unspecified atom stereocenters. The minimum atomic E-state index is -0.987. The molecule has 0 radical (unpaired) electrons. The number of hydrogen-bond donors (Lipinski definition) is 2. The summed E-state index contributed by atoms with van der Waals surface area (Å²) in [5.74, 6) is -0.441. The van der Waals surface area contributed by atoms with E-state index in [0.29, 0.717) is 10.8 Å². The zero-order chi connectivity index (χ0) is 16.6. The smallest absolute Gasteiger partial charge is 0.344 e. The van der Waals surface area contributed by atoms with Crippen LogP contribution < -0.4 is 4.74 Å². The van der Waals surface area contributed by atoms with Crippen LogP contribution in [0.15, 0.2) is 18.2 Å². The summed E-state index contributed by atoms with van der Waals surface area (Å²) < 4.78 is 6.05. The Balaban J connectivity index is 0.000000486. The number of rotatable bonds is 5. The zero-order valence-corrected chi connectivity index (χ0v) is 14.0. The molecule has 5 nitrogen and oxygen atoms in total. The summed E-state index contributed by atoms with van der Waals surface area (Å²) in [6.07, 6.45) is -0.852. The number of aryl methyl sites for hydroxylation is 1. The van der Waals surface area contributed by atoms with Crippen molar-refractivity contribution in [2.24, 2.45) is 0 Å². The Morgan fingerprint density at radius 3 is 2.29 bits per heavy atom. The highest BCUT2D eigenvalue weighted by molar-refractivity contribution is 6.30. The first-order valence-corrected chi connectivity index (χ1v) is 7.01. The molecule has 0 bridgehead atoms. The summed E-state index contributed by atoms with van der Waals surface area (Å²) in [4.78, 5) is 10.5. The summed E-state index contributed by atoms with van der Waals surface area (Å²) in [5, 5.41) is 17.6. The third-order valence-electron chi connectivity index (χ3n) is 2.56. The molecule has 120 valence electrons. The van der Waals surface area contributed by atoms with Gasteiger partial charge < -0.3 is 19.4 Å². The second-order valence-electron chi connectivity index (χ2n) is 5.75. The minimum absolute atomic E-state index is 0.281. The molecule has 0 saturated carbocycles. The number of ether oxygens (including phenoxy) is 1. The molecule has 0 aliphatic heterocycles. The summed E-state index contributed by atoms with van der Waals surface area (Å²) >= 11 is 5.74. The highest BCUT2D eigenvalue weighted by Crippen LogP contribution is 2.22. The first-order chi connectivity index (χ1) is 9.56. The van der Waals surface area contributed by atoms with E-state index in [-0.39, 0.29) is 6.61 Å². The van der Waals surface area contributed by atoms with Gasteiger partial charge in [-0.1, -0.05) is 11.6 Å². The third-order valence-corrected chi connectivity index (χ3v) is 2.79. The maximum absolute atomic E-state index is 10.5. The van der Waals surface area contributed by atoms with E-state index in [4.69, 9.17) is 26.6 Å². The summed E-state index contributed by atoms with van der Waals surface area (Å²) in [7, 11) is 6.16. The number of quaternary nitrogens is 1. The lowest BCUT2D eigenvalue weighted by Crippen LogP contribution is -2.36. The standard InChI is InChI=1S/C10H11ClO3.C5H14NO/c1-6-5-8(11)3-4-9(6)14-7(2)10(12)13;1-6(2,3)4-5-7/h3-5,7H,1-2H3,(H,12,13);7H,4-5H2,1-3H3/q;+1. The topological polar surface area (TPSA) is 66.8 Å². The molecule has 0 aliphatic carbocycles. The Bertz CT molecular complexity index is 457. The van der Waals surface area contributed by atoms with Crippen LogP contribution in [0.25, 0.3) is 0 Å². The van der Waals surface area contributed by atoms with Gasteiger partial charge >= 0.3 is 5.97 Å². The monoisotopic (exact) mass is 318 g/mol. The van der Waals surface area contributed by atoms with Gasteiger partial charge in [-0.25, -0.2) is 4.79 Å². The lowest BCUT2D eigenvalue weighted by molar-refractivity contribution is -0.870. The van der Waals surface area contributed by atoms with Crippen molar-refractivity contribution in [2.45, 2.75) is 20.0 Å². The number of carbonyl (C=O) groups is 1. The number of nitrogens with zero attached hydrogens (tertiary/aromatic N) is 1. The van der Waals surface area contributed by atoms with Gasteiger partial charge in [0.15, 0.2) is 6.10 Å². The Hall–Kier alpha value is -1.30. The molecule has 1 atom stereocenters. The number of benzene rings is 1. The van der Waals surface area contributed by atoms with E-state index in [9.17, 15) is 4.79 Å². The fraction of sp³-hybridized carbons (Fsp3) is 0.533. The maximum Gasteiger partial charge on any atom is 0.344 e. The molecule has 1 aromatic rings. The van der Waals surface area contributed by atoms with Gasteiger partial charge in [0, 0.05) is 5.02 Å². The normalized spacial score (nSPS) is 12.1. The lowest BCUT2D eigenvalue weighted by Gasteiger charge is -2.21. The SMILES string of the molecule is C[N+](C)(C)CCO.Cc1cc(Cl)ccc1OC(C)C(=O)O. The highest BCUT2D eigenvalue weighted by atomic mass is 35.5. The van der Waals surface area contributed by atoms with Crippen molar-refractivity contribution >= 4 is 17.6 Å². The van der Waals surface area contributed by atoms with Crippen molar-refractivity contribution in [1.29, 1.82) is 0 Å². The zero-order valence-electron chi connectivity index (χ0n) is 13.3. The Labute approximate surface area is 131 Å². The van der Waals surface area contributed by atoms with Crippen LogP contribution in [0, 0.1) is 6.92 Å². The van der Waals surface area contributed by atoms with Gasteiger partial charge in [0.2, 0.25) is 0 Å². The van der Waals surface area contributed by atoms with E-state index >= 15 is 0 Å². The number of aliphatic hydroxyl groups is 1. The van der Waals surface area contributed by atoms with Gasteiger partial charge in [0.1, 0.15) is 12.3 Å². The van der Waals surface area contributed by atoms with Crippen LogP contribution >= 0.6 is 11.6 Å². The molecule has 0 amide bonds. The van der Waals surface area contributed by atoms with Gasteiger partial charge in [-0.15, -0.1) is 0 Å². The van der Waals surface area contributed by atoms with Crippen LogP contribution in [0.1, 0.15) is 12.5 Å². The fourth-order valence-electron chi connectivity index (χ4n) is 1.29. The van der Waals surface area contributed by atoms with Crippen molar-refractivity contribution in [3.05, 3.63) is 28.8 Å². The Kier molecular flexibility index (Phi) is 8.32. The minimum Gasteiger partial charge on any atom is -0.479 e. The molecule has 6 heteroatoms. The molecular weight excluding hydrogens is 294 g/mol. The van der Waals surface area contributed by atoms with Crippen LogP contribution in [-0.4, -0.2) is 61.1 Å². The molecule has 0 aliphatic rings. The number of carboxylic acids is 1. The number of likely N-dealkylation sites (N-methyl/N-ethyl adjacent to an activating group) is 1. The van der Waals surface area contributed by atoms with Crippen molar-refractivity contribution < 1.29 is 24.2 Å². The maximum atomic E-state index is 10.5.